The highest BCUT2D eigenvalue weighted by atomic mass is 35.5. The second-order valence-electron chi connectivity index (χ2n) is 5.06. The Hall–Kier alpha value is -0.820. The molecule has 1 fully saturated rings. The lowest BCUT2D eigenvalue weighted by molar-refractivity contribution is 0.403. The van der Waals surface area contributed by atoms with Crippen LogP contribution in [0.4, 0.5) is 0 Å². The number of benzene rings is 1. The summed E-state index contributed by atoms with van der Waals surface area (Å²) < 4.78 is 31.8. The van der Waals surface area contributed by atoms with Gasteiger partial charge in [0.05, 0.1) is 17.0 Å². The maximum absolute atomic E-state index is 12.6. The minimum atomic E-state index is -3.54. The van der Waals surface area contributed by atoms with Gasteiger partial charge in [0.2, 0.25) is 10.0 Å². The van der Waals surface area contributed by atoms with E-state index in [1.165, 1.54) is 23.5 Å². The maximum atomic E-state index is 12.6. The zero-order valence-corrected chi connectivity index (χ0v) is 13.1. The van der Waals surface area contributed by atoms with Crippen molar-refractivity contribution in [3.63, 3.8) is 0 Å². The van der Waals surface area contributed by atoms with Crippen LogP contribution in [0.15, 0.2) is 23.1 Å². The van der Waals surface area contributed by atoms with Crippen molar-refractivity contribution in [1.82, 2.24) is 4.31 Å². The minimum absolute atomic E-state index is 0.0468. The van der Waals surface area contributed by atoms with Gasteiger partial charge >= 0.3 is 0 Å². The summed E-state index contributed by atoms with van der Waals surface area (Å²) in [6.45, 7) is 2.86. The van der Waals surface area contributed by atoms with Crippen LogP contribution in [0.5, 0.6) is 5.75 Å². The van der Waals surface area contributed by atoms with Crippen LogP contribution in [-0.4, -0.2) is 39.0 Å². The van der Waals surface area contributed by atoms with E-state index >= 15 is 0 Å². The minimum Gasteiger partial charge on any atom is -0.495 e. The third-order valence-electron chi connectivity index (χ3n) is 3.67. The molecule has 0 aromatic heterocycles. The predicted molar refractivity (Wildman–Crippen MR) is 78.5 cm³/mol. The topological polar surface area (TPSA) is 72.6 Å². The van der Waals surface area contributed by atoms with E-state index in [9.17, 15) is 8.42 Å². The Balaban J connectivity index is 2.33. The summed E-state index contributed by atoms with van der Waals surface area (Å²) in [5, 5.41) is 0.288. The molecule has 2 rings (SSSR count). The van der Waals surface area contributed by atoms with Crippen LogP contribution >= 0.6 is 11.6 Å². The highest BCUT2D eigenvalue weighted by molar-refractivity contribution is 7.89. The lowest BCUT2D eigenvalue weighted by atomic mass is 10.1. The maximum Gasteiger partial charge on any atom is 0.243 e. The molecule has 2 atom stereocenters. The van der Waals surface area contributed by atoms with Crippen molar-refractivity contribution < 1.29 is 13.2 Å². The first kappa shape index (κ1) is 15.6. The second-order valence-corrected chi connectivity index (χ2v) is 7.36. The number of hydrogen-bond donors (Lipinski definition) is 1. The van der Waals surface area contributed by atoms with Crippen molar-refractivity contribution in [1.29, 1.82) is 0 Å². The first-order valence-electron chi connectivity index (χ1n) is 6.45. The van der Waals surface area contributed by atoms with Crippen molar-refractivity contribution in [2.75, 3.05) is 20.2 Å². The van der Waals surface area contributed by atoms with Crippen molar-refractivity contribution >= 4 is 21.6 Å². The Morgan fingerprint density at radius 3 is 2.70 bits per heavy atom. The molecule has 112 valence electrons. The Labute approximate surface area is 124 Å². The molecule has 1 saturated heterocycles. The molecule has 20 heavy (non-hydrogen) atoms. The summed E-state index contributed by atoms with van der Waals surface area (Å²) in [5.41, 5.74) is 5.64. The Bertz CT molecular complexity index is 591. The summed E-state index contributed by atoms with van der Waals surface area (Å²) in [7, 11) is -2.05. The molecule has 0 spiro atoms. The Kier molecular flexibility index (Phi) is 4.59. The first-order valence-corrected chi connectivity index (χ1v) is 8.27. The SMILES string of the molecule is COc1ccc(S(=O)(=O)N2CC(CN)CC2C)cc1Cl. The van der Waals surface area contributed by atoms with Gasteiger partial charge in [-0.25, -0.2) is 8.42 Å². The highest BCUT2D eigenvalue weighted by Crippen LogP contribution is 2.32. The molecule has 0 radical (unpaired) electrons. The van der Waals surface area contributed by atoms with Crippen LogP contribution in [0.2, 0.25) is 5.02 Å². The summed E-state index contributed by atoms with van der Waals surface area (Å²) in [6.07, 6.45) is 0.791. The third-order valence-corrected chi connectivity index (χ3v) is 5.94. The Morgan fingerprint density at radius 2 is 2.20 bits per heavy atom. The fourth-order valence-electron chi connectivity index (χ4n) is 2.56. The number of halogens is 1. The molecule has 0 amide bonds. The molecular formula is C13H19ClN2O3S. The molecule has 1 aliphatic rings. The van der Waals surface area contributed by atoms with Crippen LogP contribution < -0.4 is 10.5 Å². The molecule has 5 nitrogen and oxygen atoms in total. The zero-order valence-electron chi connectivity index (χ0n) is 11.5. The summed E-state index contributed by atoms with van der Waals surface area (Å²) >= 11 is 6.01. The van der Waals surface area contributed by atoms with Gasteiger partial charge in [-0.1, -0.05) is 11.6 Å². The number of nitrogens with zero attached hydrogens (tertiary/aromatic N) is 1. The molecule has 2 unspecified atom stereocenters. The predicted octanol–water partition coefficient (Wildman–Crippen LogP) is 1.71. The van der Waals surface area contributed by atoms with Crippen molar-refractivity contribution in [3.05, 3.63) is 23.2 Å². The quantitative estimate of drug-likeness (QED) is 0.917. The van der Waals surface area contributed by atoms with Gasteiger partial charge in [0.15, 0.2) is 0 Å². The van der Waals surface area contributed by atoms with E-state index in [-0.39, 0.29) is 21.9 Å². The van der Waals surface area contributed by atoms with E-state index in [0.29, 0.717) is 18.8 Å². The van der Waals surface area contributed by atoms with E-state index in [1.807, 2.05) is 6.92 Å². The molecule has 1 aliphatic heterocycles. The van der Waals surface area contributed by atoms with Crippen molar-refractivity contribution in [3.8, 4) is 5.75 Å². The number of methoxy groups -OCH3 is 1. The van der Waals surface area contributed by atoms with Gasteiger partial charge in [0.1, 0.15) is 5.75 Å². The number of hydrogen-bond acceptors (Lipinski definition) is 4. The smallest absolute Gasteiger partial charge is 0.243 e. The van der Waals surface area contributed by atoms with Gasteiger partial charge in [0.25, 0.3) is 0 Å². The van der Waals surface area contributed by atoms with Crippen molar-refractivity contribution in [2.45, 2.75) is 24.3 Å². The van der Waals surface area contributed by atoms with E-state index in [0.717, 1.165) is 6.42 Å². The molecular weight excluding hydrogens is 300 g/mol. The lowest BCUT2D eigenvalue weighted by Gasteiger charge is -2.21. The van der Waals surface area contributed by atoms with E-state index in [4.69, 9.17) is 22.1 Å². The molecule has 7 heteroatoms. The lowest BCUT2D eigenvalue weighted by Crippen LogP contribution is -2.34. The first-order chi connectivity index (χ1) is 9.40. The number of ether oxygens (including phenoxy) is 1. The van der Waals surface area contributed by atoms with Crippen LogP contribution in [0.1, 0.15) is 13.3 Å². The second kappa shape index (κ2) is 5.89. The summed E-state index contributed by atoms with van der Waals surface area (Å²) in [4.78, 5) is 0.188. The van der Waals surface area contributed by atoms with Gasteiger partial charge in [-0.3, -0.25) is 0 Å². The molecule has 0 saturated carbocycles. The zero-order chi connectivity index (χ0) is 14.9. The fraction of sp³-hybridized carbons (Fsp3) is 0.538. The van der Waals surface area contributed by atoms with E-state index < -0.39 is 10.0 Å². The average molecular weight is 319 g/mol. The van der Waals surface area contributed by atoms with Crippen LogP contribution in [0.25, 0.3) is 0 Å². The van der Waals surface area contributed by atoms with Crippen LogP contribution in [0.3, 0.4) is 0 Å². The van der Waals surface area contributed by atoms with Gasteiger partial charge in [-0.15, -0.1) is 0 Å². The van der Waals surface area contributed by atoms with Crippen molar-refractivity contribution in [2.24, 2.45) is 11.7 Å². The highest BCUT2D eigenvalue weighted by Gasteiger charge is 2.37. The summed E-state index contributed by atoms with van der Waals surface area (Å²) in [6, 6.07) is 4.46. The number of nitrogens with two attached hydrogens (primary N) is 1. The molecule has 0 bridgehead atoms. The van der Waals surface area contributed by atoms with E-state index in [2.05, 4.69) is 0 Å². The van der Waals surface area contributed by atoms with E-state index in [1.54, 1.807) is 6.07 Å². The van der Waals surface area contributed by atoms with Gasteiger partial charge in [0, 0.05) is 12.6 Å². The largest absolute Gasteiger partial charge is 0.495 e. The number of rotatable bonds is 4. The molecule has 1 heterocycles. The molecule has 0 aliphatic carbocycles. The van der Waals surface area contributed by atoms with Gasteiger partial charge < -0.3 is 10.5 Å². The van der Waals surface area contributed by atoms with Crippen LogP contribution in [-0.2, 0) is 10.0 Å². The molecule has 1 aromatic rings. The normalized spacial score (nSPS) is 24.0. The van der Waals surface area contributed by atoms with Gasteiger partial charge in [-0.2, -0.15) is 4.31 Å². The standard InChI is InChI=1S/C13H19ClN2O3S/c1-9-5-10(7-15)8-16(9)20(17,18)11-3-4-13(19-2)12(14)6-11/h3-4,6,9-10H,5,7-8,15H2,1-2H3. The fourth-order valence-corrected chi connectivity index (χ4v) is 4.62. The number of sulfonamides is 1. The molecule has 1 aromatic carbocycles. The third kappa shape index (κ3) is 2.79. The Morgan fingerprint density at radius 1 is 1.50 bits per heavy atom. The molecule has 2 N–H and O–H groups in total. The van der Waals surface area contributed by atoms with Gasteiger partial charge in [-0.05, 0) is 44.0 Å². The van der Waals surface area contributed by atoms with Crippen LogP contribution in [0, 0.1) is 5.92 Å². The monoisotopic (exact) mass is 318 g/mol. The summed E-state index contributed by atoms with van der Waals surface area (Å²) in [5.74, 6) is 0.674. The average Bonchev–Trinajstić information content (AvgIpc) is 2.80.